The molecule has 0 aliphatic carbocycles. The summed E-state index contributed by atoms with van der Waals surface area (Å²) in [5, 5.41) is 3.17. The summed E-state index contributed by atoms with van der Waals surface area (Å²) < 4.78 is 5.40. The van der Waals surface area contributed by atoms with Gasteiger partial charge in [0.1, 0.15) is 5.82 Å². The molecule has 2 rings (SSSR count). The first-order valence-corrected chi connectivity index (χ1v) is 6.68. The minimum Gasteiger partial charge on any atom is -0.381 e. The van der Waals surface area contributed by atoms with Crippen LogP contribution in [0.3, 0.4) is 0 Å². The molecule has 0 radical (unpaired) electrons. The Kier molecular flexibility index (Phi) is 4.96. The van der Waals surface area contributed by atoms with E-state index in [1.807, 2.05) is 13.2 Å². The lowest BCUT2D eigenvalue weighted by atomic mass is 10.00. The van der Waals surface area contributed by atoms with Gasteiger partial charge in [-0.15, -0.1) is 0 Å². The van der Waals surface area contributed by atoms with Gasteiger partial charge in [0.25, 0.3) is 0 Å². The smallest absolute Gasteiger partial charge is 0.128 e. The molecule has 4 nitrogen and oxygen atoms in total. The van der Waals surface area contributed by atoms with Gasteiger partial charge in [0.15, 0.2) is 0 Å². The summed E-state index contributed by atoms with van der Waals surface area (Å²) in [6.45, 7) is 3.78. The summed E-state index contributed by atoms with van der Waals surface area (Å²) in [4.78, 5) is 6.71. The molecule has 1 aliphatic heterocycles. The monoisotopic (exact) mass is 249 g/mol. The molecule has 18 heavy (non-hydrogen) atoms. The molecule has 4 heteroatoms. The van der Waals surface area contributed by atoms with Crippen molar-refractivity contribution in [3.05, 3.63) is 23.9 Å². The van der Waals surface area contributed by atoms with Crippen molar-refractivity contribution in [3.8, 4) is 0 Å². The molecular weight excluding hydrogens is 226 g/mol. The predicted molar refractivity (Wildman–Crippen MR) is 73.8 cm³/mol. The molecule has 0 aromatic carbocycles. The van der Waals surface area contributed by atoms with Crippen molar-refractivity contribution in [3.63, 3.8) is 0 Å². The molecule has 0 unspecified atom stereocenters. The van der Waals surface area contributed by atoms with Gasteiger partial charge in [-0.05, 0) is 43.5 Å². The molecule has 1 saturated heterocycles. The maximum absolute atomic E-state index is 5.40. The fourth-order valence-electron chi connectivity index (χ4n) is 2.39. The van der Waals surface area contributed by atoms with E-state index in [0.717, 1.165) is 38.0 Å². The van der Waals surface area contributed by atoms with E-state index in [1.54, 1.807) is 0 Å². The first kappa shape index (κ1) is 13.3. The largest absolute Gasteiger partial charge is 0.381 e. The van der Waals surface area contributed by atoms with Crippen LogP contribution in [0.5, 0.6) is 0 Å². The minimum absolute atomic E-state index is 0.735. The number of pyridine rings is 1. The van der Waals surface area contributed by atoms with Crippen LogP contribution < -0.4 is 10.2 Å². The molecule has 1 aromatic heterocycles. The number of nitrogens with zero attached hydrogens (tertiary/aromatic N) is 2. The first-order chi connectivity index (χ1) is 8.79. The Bertz CT molecular complexity index is 364. The second-order valence-corrected chi connectivity index (χ2v) is 4.99. The maximum Gasteiger partial charge on any atom is 0.128 e. The summed E-state index contributed by atoms with van der Waals surface area (Å²) in [7, 11) is 4.09. The van der Waals surface area contributed by atoms with Gasteiger partial charge in [0.05, 0.1) is 0 Å². The van der Waals surface area contributed by atoms with E-state index in [1.165, 1.54) is 18.4 Å². The van der Waals surface area contributed by atoms with E-state index in [4.69, 9.17) is 4.74 Å². The van der Waals surface area contributed by atoms with E-state index < -0.39 is 0 Å². The van der Waals surface area contributed by atoms with Crippen molar-refractivity contribution in [2.75, 3.05) is 38.8 Å². The highest BCUT2D eigenvalue weighted by Gasteiger charge is 2.16. The van der Waals surface area contributed by atoms with Gasteiger partial charge in [-0.3, -0.25) is 0 Å². The predicted octanol–water partition coefficient (Wildman–Crippen LogP) is 1.66. The van der Waals surface area contributed by atoms with Crippen LogP contribution in [0.2, 0.25) is 0 Å². The first-order valence-electron chi connectivity index (χ1n) is 6.68. The van der Waals surface area contributed by atoms with Crippen LogP contribution in [0, 0.1) is 5.92 Å². The molecule has 0 saturated carbocycles. The third kappa shape index (κ3) is 3.68. The fourth-order valence-corrected chi connectivity index (χ4v) is 2.39. The average Bonchev–Trinajstić information content (AvgIpc) is 2.40. The quantitative estimate of drug-likeness (QED) is 0.861. The van der Waals surface area contributed by atoms with Crippen LogP contribution in [0.15, 0.2) is 18.3 Å². The molecule has 100 valence electrons. The number of hydrogen-bond acceptors (Lipinski definition) is 4. The van der Waals surface area contributed by atoms with Gasteiger partial charge < -0.3 is 15.0 Å². The third-order valence-corrected chi connectivity index (χ3v) is 3.45. The number of ether oxygens (including phenoxy) is 1. The Balaban J connectivity index is 1.94. The highest BCUT2D eigenvalue weighted by Crippen LogP contribution is 2.19. The summed E-state index contributed by atoms with van der Waals surface area (Å²) in [6, 6.07) is 4.22. The lowest BCUT2D eigenvalue weighted by molar-refractivity contribution is 0.0685. The van der Waals surface area contributed by atoms with Crippen LogP contribution in [0.1, 0.15) is 18.4 Å². The zero-order valence-corrected chi connectivity index (χ0v) is 11.4. The number of hydrogen-bond donors (Lipinski definition) is 1. The molecular formula is C14H23N3O. The average molecular weight is 249 g/mol. The zero-order chi connectivity index (χ0) is 12.8. The minimum atomic E-state index is 0.735. The Morgan fingerprint density at radius 3 is 2.94 bits per heavy atom. The lowest BCUT2D eigenvalue weighted by Gasteiger charge is -2.28. The third-order valence-electron chi connectivity index (χ3n) is 3.45. The standard InChI is InChI=1S/C14H23N3O/c1-15-10-13-3-6-16-14(9-13)17(2)11-12-4-7-18-8-5-12/h3,6,9,12,15H,4-5,7-8,10-11H2,1-2H3. The molecule has 1 N–H and O–H groups in total. The van der Waals surface area contributed by atoms with Gasteiger partial charge in [0, 0.05) is 39.5 Å². The molecule has 1 aromatic rings. The van der Waals surface area contributed by atoms with Crippen molar-refractivity contribution < 1.29 is 4.74 Å². The van der Waals surface area contributed by atoms with Crippen molar-refractivity contribution in [1.29, 1.82) is 0 Å². The number of nitrogens with one attached hydrogen (secondary N) is 1. The molecule has 1 aliphatic rings. The fraction of sp³-hybridized carbons (Fsp3) is 0.643. The zero-order valence-electron chi connectivity index (χ0n) is 11.4. The topological polar surface area (TPSA) is 37.4 Å². The maximum atomic E-state index is 5.40. The van der Waals surface area contributed by atoms with Gasteiger partial charge in [0.2, 0.25) is 0 Å². The Morgan fingerprint density at radius 1 is 1.44 bits per heavy atom. The number of aromatic nitrogens is 1. The van der Waals surface area contributed by atoms with Crippen LogP contribution in [0.25, 0.3) is 0 Å². The SMILES string of the molecule is CNCc1ccnc(N(C)CC2CCOCC2)c1. The summed E-state index contributed by atoms with van der Waals surface area (Å²) in [5.74, 6) is 1.80. The molecule has 0 bridgehead atoms. The Morgan fingerprint density at radius 2 is 2.22 bits per heavy atom. The van der Waals surface area contributed by atoms with Gasteiger partial charge >= 0.3 is 0 Å². The second kappa shape index (κ2) is 6.71. The van der Waals surface area contributed by atoms with E-state index in [9.17, 15) is 0 Å². The highest BCUT2D eigenvalue weighted by atomic mass is 16.5. The Hall–Kier alpha value is -1.13. The van der Waals surface area contributed by atoms with Crippen LogP contribution in [-0.2, 0) is 11.3 Å². The molecule has 1 fully saturated rings. The van der Waals surface area contributed by atoms with E-state index >= 15 is 0 Å². The number of anilines is 1. The molecule has 2 heterocycles. The van der Waals surface area contributed by atoms with E-state index in [-0.39, 0.29) is 0 Å². The highest BCUT2D eigenvalue weighted by molar-refractivity contribution is 5.40. The van der Waals surface area contributed by atoms with Crippen molar-refractivity contribution in [2.24, 2.45) is 5.92 Å². The van der Waals surface area contributed by atoms with Crippen molar-refractivity contribution in [1.82, 2.24) is 10.3 Å². The van der Waals surface area contributed by atoms with Crippen molar-refractivity contribution in [2.45, 2.75) is 19.4 Å². The molecule has 0 atom stereocenters. The van der Waals surface area contributed by atoms with Gasteiger partial charge in [-0.1, -0.05) is 0 Å². The normalized spacial score (nSPS) is 16.8. The van der Waals surface area contributed by atoms with Crippen molar-refractivity contribution >= 4 is 5.82 Å². The van der Waals surface area contributed by atoms with Crippen LogP contribution in [0.4, 0.5) is 5.82 Å². The van der Waals surface area contributed by atoms with E-state index in [0.29, 0.717) is 0 Å². The molecule has 0 amide bonds. The summed E-state index contributed by atoms with van der Waals surface area (Å²) in [5.41, 5.74) is 1.28. The van der Waals surface area contributed by atoms with Crippen LogP contribution >= 0.6 is 0 Å². The van der Waals surface area contributed by atoms with Crippen LogP contribution in [-0.4, -0.2) is 38.8 Å². The Labute approximate surface area is 109 Å². The van der Waals surface area contributed by atoms with Gasteiger partial charge in [-0.25, -0.2) is 4.98 Å². The van der Waals surface area contributed by atoms with Gasteiger partial charge in [-0.2, -0.15) is 0 Å². The van der Waals surface area contributed by atoms with E-state index in [2.05, 4.69) is 34.4 Å². The second-order valence-electron chi connectivity index (χ2n) is 4.99. The molecule has 0 spiro atoms. The number of rotatable bonds is 5. The summed E-state index contributed by atoms with van der Waals surface area (Å²) in [6.07, 6.45) is 4.23. The lowest BCUT2D eigenvalue weighted by Crippen LogP contribution is -2.30. The summed E-state index contributed by atoms with van der Waals surface area (Å²) >= 11 is 0.